The number of nitrogens with one attached hydrogen (secondary N) is 1. The Morgan fingerprint density at radius 2 is 2.00 bits per heavy atom. The van der Waals surface area contributed by atoms with E-state index in [0.717, 1.165) is 45.3 Å². The van der Waals surface area contributed by atoms with Crippen LogP contribution in [-0.2, 0) is 4.79 Å². The molecule has 0 aromatic rings. The monoisotopic (exact) mass is 240 g/mol. The molecule has 17 heavy (non-hydrogen) atoms. The molecule has 0 radical (unpaired) electrons. The molecule has 1 saturated carbocycles. The highest BCUT2D eigenvalue weighted by Gasteiger charge is 2.28. The SMILES string of the molecule is CC(NCC1CC(O)C1)C(=O)N1CCCCC1. The number of rotatable bonds is 4. The maximum absolute atomic E-state index is 12.1. The van der Waals surface area contributed by atoms with Gasteiger partial charge in [-0.25, -0.2) is 0 Å². The van der Waals surface area contributed by atoms with Gasteiger partial charge in [-0.3, -0.25) is 4.79 Å². The van der Waals surface area contributed by atoms with Crippen LogP contribution in [0, 0.1) is 5.92 Å². The second-order valence-electron chi connectivity index (χ2n) is 5.51. The summed E-state index contributed by atoms with van der Waals surface area (Å²) in [6.07, 6.45) is 5.22. The average molecular weight is 240 g/mol. The van der Waals surface area contributed by atoms with Crippen LogP contribution >= 0.6 is 0 Å². The number of carbonyl (C=O) groups is 1. The number of amides is 1. The topological polar surface area (TPSA) is 52.6 Å². The van der Waals surface area contributed by atoms with Crippen molar-refractivity contribution in [2.24, 2.45) is 5.92 Å². The van der Waals surface area contributed by atoms with Crippen LogP contribution in [0.5, 0.6) is 0 Å². The molecule has 98 valence electrons. The lowest BCUT2D eigenvalue weighted by atomic mass is 9.82. The van der Waals surface area contributed by atoms with Crippen LogP contribution in [0.2, 0.25) is 0 Å². The van der Waals surface area contributed by atoms with Crippen LogP contribution in [0.3, 0.4) is 0 Å². The molecule has 2 aliphatic rings. The molecule has 2 rings (SSSR count). The fourth-order valence-electron chi connectivity index (χ4n) is 2.69. The van der Waals surface area contributed by atoms with Crippen molar-refractivity contribution >= 4 is 5.91 Å². The van der Waals surface area contributed by atoms with Gasteiger partial charge in [-0.15, -0.1) is 0 Å². The summed E-state index contributed by atoms with van der Waals surface area (Å²) in [4.78, 5) is 14.1. The maximum Gasteiger partial charge on any atom is 0.239 e. The van der Waals surface area contributed by atoms with Gasteiger partial charge in [0.05, 0.1) is 12.1 Å². The van der Waals surface area contributed by atoms with Gasteiger partial charge in [0.25, 0.3) is 0 Å². The van der Waals surface area contributed by atoms with Gasteiger partial charge in [0.1, 0.15) is 0 Å². The minimum atomic E-state index is -0.102. The van der Waals surface area contributed by atoms with Gasteiger partial charge in [0.2, 0.25) is 5.91 Å². The molecule has 0 aromatic carbocycles. The summed E-state index contributed by atoms with van der Waals surface area (Å²) in [6.45, 7) is 4.66. The molecule has 1 atom stereocenters. The molecule has 1 heterocycles. The van der Waals surface area contributed by atoms with Gasteiger partial charge in [-0.05, 0) is 51.5 Å². The van der Waals surface area contributed by atoms with Crippen LogP contribution in [0.1, 0.15) is 39.0 Å². The van der Waals surface area contributed by atoms with Gasteiger partial charge < -0.3 is 15.3 Å². The molecule has 1 saturated heterocycles. The fourth-order valence-corrected chi connectivity index (χ4v) is 2.69. The molecule has 1 unspecified atom stereocenters. The average Bonchev–Trinajstić information content (AvgIpc) is 2.33. The fraction of sp³-hybridized carbons (Fsp3) is 0.923. The smallest absolute Gasteiger partial charge is 0.239 e. The van der Waals surface area contributed by atoms with E-state index in [9.17, 15) is 9.90 Å². The van der Waals surface area contributed by atoms with Crippen LogP contribution < -0.4 is 5.32 Å². The summed E-state index contributed by atoms with van der Waals surface area (Å²) in [6, 6.07) is -0.0779. The third-order valence-corrected chi connectivity index (χ3v) is 3.96. The molecular weight excluding hydrogens is 216 g/mol. The molecule has 0 spiro atoms. The normalized spacial score (nSPS) is 30.8. The maximum atomic E-state index is 12.1. The van der Waals surface area contributed by atoms with Crippen molar-refractivity contribution in [1.29, 1.82) is 0 Å². The molecule has 1 aliphatic carbocycles. The Kier molecular flexibility index (Phi) is 4.40. The lowest BCUT2D eigenvalue weighted by molar-refractivity contribution is -0.134. The van der Waals surface area contributed by atoms with E-state index < -0.39 is 0 Å². The Balaban J connectivity index is 1.67. The van der Waals surface area contributed by atoms with Gasteiger partial charge in [-0.2, -0.15) is 0 Å². The number of piperidine rings is 1. The van der Waals surface area contributed by atoms with Crippen LogP contribution in [0.4, 0.5) is 0 Å². The van der Waals surface area contributed by atoms with E-state index in [1.54, 1.807) is 0 Å². The largest absolute Gasteiger partial charge is 0.393 e. The first-order valence-corrected chi connectivity index (χ1v) is 6.87. The van der Waals surface area contributed by atoms with Gasteiger partial charge in [0, 0.05) is 13.1 Å². The second kappa shape index (κ2) is 5.83. The summed E-state index contributed by atoms with van der Waals surface area (Å²) in [5.41, 5.74) is 0. The second-order valence-corrected chi connectivity index (χ2v) is 5.51. The Morgan fingerprint density at radius 1 is 1.35 bits per heavy atom. The van der Waals surface area contributed by atoms with Gasteiger partial charge in [-0.1, -0.05) is 0 Å². The van der Waals surface area contributed by atoms with Crippen molar-refractivity contribution in [2.75, 3.05) is 19.6 Å². The van der Waals surface area contributed by atoms with Crippen LogP contribution in [0.25, 0.3) is 0 Å². The number of carbonyl (C=O) groups excluding carboxylic acids is 1. The summed E-state index contributed by atoms with van der Waals surface area (Å²) in [5, 5.41) is 12.5. The van der Waals surface area contributed by atoms with Crippen molar-refractivity contribution < 1.29 is 9.90 Å². The predicted octanol–water partition coefficient (Wildman–Crippen LogP) is 0.748. The molecule has 2 fully saturated rings. The van der Waals surface area contributed by atoms with Crippen molar-refractivity contribution in [3.63, 3.8) is 0 Å². The van der Waals surface area contributed by atoms with E-state index in [2.05, 4.69) is 5.32 Å². The number of hydrogen-bond donors (Lipinski definition) is 2. The zero-order chi connectivity index (χ0) is 12.3. The first-order chi connectivity index (χ1) is 8.16. The summed E-state index contributed by atoms with van der Waals surface area (Å²) < 4.78 is 0. The number of aliphatic hydroxyl groups excluding tert-OH is 1. The quantitative estimate of drug-likeness (QED) is 0.762. The summed E-state index contributed by atoms with van der Waals surface area (Å²) in [7, 11) is 0. The standard InChI is InChI=1S/C13H24N2O2/c1-10(14-9-11-7-12(16)8-11)13(17)15-5-3-2-4-6-15/h10-12,14,16H,2-9H2,1H3. The number of hydrogen-bond acceptors (Lipinski definition) is 3. The lowest BCUT2D eigenvalue weighted by Gasteiger charge is -2.34. The number of aliphatic hydroxyl groups is 1. The minimum absolute atomic E-state index is 0.0779. The highest BCUT2D eigenvalue weighted by atomic mass is 16.3. The van der Waals surface area contributed by atoms with E-state index in [0.29, 0.717) is 5.92 Å². The summed E-state index contributed by atoms with van der Waals surface area (Å²) in [5.74, 6) is 0.797. The molecule has 1 aliphatic heterocycles. The lowest BCUT2D eigenvalue weighted by Crippen LogP contribution is -2.49. The Labute approximate surface area is 103 Å². The highest BCUT2D eigenvalue weighted by molar-refractivity contribution is 5.81. The van der Waals surface area contributed by atoms with E-state index in [1.807, 2.05) is 11.8 Å². The molecular formula is C13H24N2O2. The molecule has 4 heteroatoms. The molecule has 0 bridgehead atoms. The Bertz CT molecular complexity index is 258. The Hall–Kier alpha value is -0.610. The van der Waals surface area contributed by atoms with Crippen molar-refractivity contribution in [2.45, 2.75) is 51.2 Å². The Morgan fingerprint density at radius 3 is 2.59 bits per heavy atom. The summed E-state index contributed by atoms with van der Waals surface area (Å²) >= 11 is 0. The number of nitrogens with zero attached hydrogens (tertiary/aromatic N) is 1. The molecule has 4 nitrogen and oxygen atoms in total. The third kappa shape index (κ3) is 3.42. The minimum Gasteiger partial charge on any atom is -0.393 e. The van der Waals surface area contributed by atoms with E-state index in [1.165, 1.54) is 6.42 Å². The van der Waals surface area contributed by atoms with Gasteiger partial charge in [0.15, 0.2) is 0 Å². The van der Waals surface area contributed by atoms with Crippen LogP contribution in [-0.4, -0.2) is 47.7 Å². The first kappa shape index (κ1) is 12.8. The van der Waals surface area contributed by atoms with Crippen molar-refractivity contribution in [1.82, 2.24) is 10.2 Å². The molecule has 0 aromatic heterocycles. The van der Waals surface area contributed by atoms with Gasteiger partial charge >= 0.3 is 0 Å². The van der Waals surface area contributed by atoms with Crippen LogP contribution in [0.15, 0.2) is 0 Å². The number of likely N-dealkylation sites (tertiary alicyclic amines) is 1. The van der Waals surface area contributed by atoms with E-state index in [4.69, 9.17) is 0 Å². The highest BCUT2D eigenvalue weighted by Crippen LogP contribution is 2.26. The zero-order valence-corrected chi connectivity index (χ0v) is 10.7. The van der Waals surface area contributed by atoms with E-state index >= 15 is 0 Å². The zero-order valence-electron chi connectivity index (χ0n) is 10.7. The van der Waals surface area contributed by atoms with Crippen molar-refractivity contribution in [3.8, 4) is 0 Å². The molecule has 1 amide bonds. The van der Waals surface area contributed by atoms with E-state index in [-0.39, 0.29) is 18.1 Å². The van der Waals surface area contributed by atoms with Crippen molar-refractivity contribution in [3.05, 3.63) is 0 Å². The molecule has 2 N–H and O–H groups in total. The first-order valence-electron chi connectivity index (χ1n) is 6.87. The third-order valence-electron chi connectivity index (χ3n) is 3.96. The predicted molar refractivity (Wildman–Crippen MR) is 66.6 cm³/mol.